The van der Waals surface area contributed by atoms with Crippen LogP contribution in [0.5, 0.6) is 0 Å². The molecule has 2 aromatic heterocycles. The molecule has 0 bridgehead atoms. The van der Waals surface area contributed by atoms with E-state index in [-0.39, 0.29) is 12.4 Å². The molecule has 0 amide bonds. The van der Waals surface area contributed by atoms with Crippen LogP contribution in [0.25, 0.3) is 22.5 Å². The number of hydrogen-bond donors (Lipinski definition) is 1. The van der Waals surface area contributed by atoms with E-state index >= 15 is 0 Å². The first-order chi connectivity index (χ1) is 11.1. The van der Waals surface area contributed by atoms with Crippen molar-refractivity contribution in [1.29, 1.82) is 0 Å². The molecular formula is C16H13F3N4. The van der Waals surface area contributed by atoms with E-state index in [0.717, 1.165) is 0 Å². The molecule has 0 atom stereocenters. The third-order valence-electron chi connectivity index (χ3n) is 3.43. The number of pyridine rings is 1. The van der Waals surface area contributed by atoms with Gasteiger partial charge in [-0.3, -0.25) is 4.98 Å². The van der Waals surface area contributed by atoms with Gasteiger partial charge in [-0.1, -0.05) is 0 Å². The fourth-order valence-corrected chi connectivity index (χ4v) is 2.25. The summed E-state index contributed by atoms with van der Waals surface area (Å²) < 4.78 is 39.0. The number of nitrogens with zero attached hydrogens (tertiary/aromatic N) is 3. The van der Waals surface area contributed by atoms with E-state index in [9.17, 15) is 13.2 Å². The Labute approximate surface area is 130 Å². The number of nitrogens with two attached hydrogens (primary N) is 1. The van der Waals surface area contributed by atoms with Crippen LogP contribution in [0, 0.1) is 5.82 Å². The summed E-state index contributed by atoms with van der Waals surface area (Å²) in [6.07, 6.45) is 2.79. The first-order valence-corrected chi connectivity index (χ1v) is 6.87. The Morgan fingerprint density at radius 3 is 2.43 bits per heavy atom. The van der Waals surface area contributed by atoms with Gasteiger partial charge in [-0.05, 0) is 42.0 Å². The SMILES string of the molecule is NCc1cnc(-c2ccc(F)cc2)cc1-c1ccn(C(F)F)n1. The number of benzene rings is 1. The maximum absolute atomic E-state index is 13.0. The lowest BCUT2D eigenvalue weighted by Gasteiger charge is -2.08. The average Bonchev–Trinajstić information content (AvgIpc) is 3.05. The molecule has 0 spiro atoms. The highest BCUT2D eigenvalue weighted by Gasteiger charge is 2.13. The number of hydrogen-bond acceptors (Lipinski definition) is 3. The zero-order chi connectivity index (χ0) is 16.4. The minimum absolute atomic E-state index is 0.202. The maximum atomic E-state index is 13.0. The van der Waals surface area contributed by atoms with Crippen LogP contribution in [0.4, 0.5) is 13.2 Å². The van der Waals surface area contributed by atoms with E-state index in [2.05, 4.69) is 10.1 Å². The van der Waals surface area contributed by atoms with Gasteiger partial charge >= 0.3 is 6.55 Å². The molecule has 0 aliphatic carbocycles. The Balaban J connectivity index is 2.07. The molecule has 0 saturated carbocycles. The fourth-order valence-electron chi connectivity index (χ4n) is 2.25. The highest BCUT2D eigenvalue weighted by Crippen LogP contribution is 2.27. The molecule has 0 saturated heterocycles. The molecule has 2 heterocycles. The van der Waals surface area contributed by atoms with Crippen LogP contribution in [0.2, 0.25) is 0 Å². The molecular weight excluding hydrogens is 305 g/mol. The van der Waals surface area contributed by atoms with Crippen molar-refractivity contribution in [3.05, 3.63) is 60.2 Å². The normalized spacial score (nSPS) is 11.2. The van der Waals surface area contributed by atoms with Crippen LogP contribution in [-0.4, -0.2) is 14.8 Å². The van der Waals surface area contributed by atoms with E-state index in [4.69, 9.17) is 5.73 Å². The van der Waals surface area contributed by atoms with Crippen LogP contribution in [0.3, 0.4) is 0 Å². The Hall–Kier alpha value is -2.67. The molecule has 3 rings (SSSR count). The Morgan fingerprint density at radius 1 is 1.09 bits per heavy atom. The van der Waals surface area contributed by atoms with Crippen molar-refractivity contribution in [1.82, 2.24) is 14.8 Å². The first kappa shape index (κ1) is 15.2. The van der Waals surface area contributed by atoms with E-state index in [1.54, 1.807) is 24.4 Å². The Morgan fingerprint density at radius 2 is 1.83 bits per heavy atom. The largest absolute Gasteiger partial charge is 0.333 e. The predicted molar refractivity (Wildman–Crippen MR) is 80.0 cm³/mol. The molecule has 0 radical (unpaired) electrons. The van der Waals surface area contributed by atoms with Gasteiger partial charge in [0.25, 0.3) is 0 Å². The predicted octanol–water partition coefficient (Wildman–Crippen LogP) is 3.61. The molecule has 1 aromatic carbocycles. The van der Waals surface area contributed by atoms with Crippen molar-refractivity contribution in [3.63, 3.8) is 0 Å². The van der Waals surface area contributed by atoms with Gasteiger partial charge < -0.3 is 5.73 Å². The number of aromatic nitrogens is 3. The van der Waals surface area contributed by atoms with E-state index in [0.29, 0.717) is 32.8 Å². The van der Waals surface area contributed by atoms with Gasteiger partial charge in [-0.25, -0.2) is 9.07 Å². The summed E-state index contributed by atoms with van der Waals surface area (Å²) in [6.45, 7) is -2.50. The molecule has 3 aromatic rings. The Kier molecular flexibility index (Phi) is 4.12. The summed E-state index contributed by atoms with van der Waals surface area (Å²) in [5.41, 5.74) is 8.69. The van der Waals surface area contributed by atoms with E-state index < -0.39 is 6.55 Å². The van der Waals surface area contributed by atoms with Crippen LogP contribution in [0.15, 0.2) is 48.8 Å². The topological polar surface area (TPSA) is 56.7 Å². The summed E-state index contributed by atoms with van der Waals surface area (Å²) in [6, 6.07) is 9.07. The maximum Gasteiger partial charge on any atom is 0.333 e. The molecule has 0 aliphatic heterocycles. The van der Waals surface area contributed by atoms with Gasteiger partial charge in [-0.2, -0.15) is 13.9 Å². The van der Waals surface area contributed by atoms with Gasteiger partial charge in [0, 0.05) is 30.1 Å². The smallest absolute Gasteiger partial charge is 0.326 e. The van der Waals surface area contributed by atoms with Gasteiger partial charge in [-0.15, -0.1) is 0 Å². The molecule has 23 heavy (non-hydrogen) atoms. The highest BCUT2D eigenvalue weighted by molar-refractivity contribution is 5.70. The lowest BCUT2D eigenvalue weighted by molar-refractivity contribution is 0.0568. The molecule has 118 valence electrons. The second kappa shape index (κ2) is 6.21. The van der Waals surface area contributed by atoms with Gasteiger partial charge in [0.15, 0.2) is 0 Å². The monoisotopic (exact) mass is 318 g/mol. The summed E-state index contributed by atoms with van der Waals surface area (Å²) in [5, 5.41) is 3.86. The van der Waals surface area contributed by atoms with E-state index in [1.165, 1.54) is 24.4 Å². The second-order valence-corrected chi connectivity index (χ2v) is 4.90. The molecule has 7 heteroatoms. The first-order valence-electron chi connectivity index (χ1n) is 6.87. The van der Waals surface area contributed by atoms with Crippen molar-refractivity contribution in [2.24, 2.45) is 5.73 Å². The van der Waals surface area contributed by atoms with Crippen molar-refractivity contribution < 1.29 is 13.2 Å². The molecule has 0 unspecified atom stereocenters. The van der Waals surface area contributed by atoms with Gasteiger partial charge in [0.05, 0.1) is 11.4 Å². The number of halogens is 3. The lowest BCUT2D eigenvalue weighted by atomic mass is 10.0. The van der Waals surface area contributed by atoms with Gasteiger partial charge in [0.1, 0.15) is 5.82 Å². The summed E-state index contributed by atoms with van der Waals surface area (Å²) in [4.78, 5) is 4.29. The van der Waals surface area contributed by atoms with E-state index in [1.807, 2.05) is 0 Å². The summed E-state index contributed by atoms with van der Waals surface area (Å²) >= 11 is 0. The third-order valence-corrected chi connectivity index (χ3v) is 3.43. The third kappa shape index (κ3) is 3.09. The minimum Gasteiger partial charge on any atom is -0.326 e. The van der Waals surface area contributed by atoms with Crippen LogP contribution >= 0.6 is 0 Å². The zero-order valence-electron chi connectivity index (χ0n) is 12.0. The standard InChI is InChI=1S/C16H13F3N4/c17-12-3-1-10(2-4-12)15-7-13(11(8-20)9-21-15)14-5-6-23(22-14)16(18)19/h1-7,9,16H,8,20H2. The fraction of sp³-hybridized carbons (Fsp3) is 0.125. The minimum atomic E-state index is -2.71. The van der Waals surface area contributed by atoms with Crippen LogP contribution < -0.4 is 5.73 Å². The van der Waals surface area contributed by atoms with Crippen molar-refractivity contribution in [3.8, 4) is 22.5 Å². The number of alkyl halides is 2. The summed E-state index contributed by atoms with van der Waals surface area (Å²) in [7, 11) is 0. The van der Waals surface area contributed by atoms with Crippen molar-refractivity contribution in [2.45, 2.75) is 13.1 Å². The highest BCUT2D eigenvalue weighted by atomic mass is 19.3. The summed E-state index contributed by atoms with van der Waals surface area (Å²) in [5.74, 6) is -0.344. The van der Waals surface area contributed by atoms with Gasteiger partial charge in [0.2, 0.25) is 0 Å². The molecule has 0 aliphatic rings. The molecule has 4 nitrogen and oxygen atoms in total. The average molecular weight is 318 g/mol. The number of rotatable bonds is 4. The van der Waals surface area contributed by atoms with Crippen molar-refractivity contribution >= 4 is 0 Å². The van der Waals surface area contributed by atoms with Crippen LogP contribution in [-0.2, 0) is 6.54 Å². The quantitative estimate of drug-likeness (QED) is 0.799. The Bertz CT molecular complexity index is 812. The lowest BCUT2D eigenvalue weighted by Crippen LogP contribution is -2.02. The zero-order valence-corrected chi connectivity index (χ0v) is 12.0. The van der Waals surface area contributed by atoms with Crippen molar-refractivity contribution in [2.75, 3.05) is 0 Å². The second-order valence-electron chi connectivity index (χ2n) is 4.90. The molecule has 2 N–H and O–H groups in total. The molecule has 0 fully saturated rings. The van der Waals surface area contributed by atoms with Crippen LogP contribution in [0.1, 0.15) is 12.1 Å².